The first-order valence-electron chi connectivity index (χ1n) is 0.651. The van der Waals surface area contributed by atoms with Crippen LogP contribution in [0.25, 0.3) is 0 Å². The Hall–Kier alpha value is 14.4. The van der Waals surface area contributed by atoms with Crippen LogP contribution in [0, 0.1) is 0 Å². The van der Waals surface area contributed by atoms with E-state index in [0.717, 1.165) is 0 Å². The Bertz CT molecular complexity index is 39.2. The molecule has 15 heteroatoms. The van der Waals surface area contributed by atoms with Crippen molar-refractivity contribution >= 4 is 459 Å². The molecule has 0 aromatic heterocycles. The minimum atomic E-state index is -1.83. The van der Waals surface area contributed by atoms with Crippen LogP contribution in [0.2, 0.25) is 0 Å². The summed E-state index contributed by atoms with van der Waals surface area (Å²) in [5.74, 6) is 0. The predicted octanol–water partition coefficient (Wildman–Crippen LogP) is -10.8. The summed E-state index contributed by atoms with van der Waals surface area (Å²) in [5.41, 5.74) is 0. The first kappa shape index (κ1) is 86.8. The van der Waals surface area contributed by atoms with Crippen molar-refractivity contribution in [2.45, 2.75) is 0 Å². The van der Waals surface area contributed by atoms with Gasteiger partial charge in [-0.05, 0) is 0 Å². The first-order valence-corrected chi connectivity index (χ1v) is 0.651. The fraction of sp³-hybridized carbons (Fsp3) is 0. The maximum absolute atomic E-state index is 8.56. The zero-order valence-corrected chi connectivity index (χ0v) is 1.80. The Morgan fingerprint density at radius 1 is 0.438 bits per heavy atom. The third-order valence-electron chi connectivity index (χ3n) is 0. The normalized spacial score (nSPS) is 1.50. The van der Waals surface area contributed by atoms with E-state index in [4.69, 9.17) is 15.0 Å². The maximum atomic E-state index is 8.56. The van der Waals surface area contributed by atoms with Gasteiger partial charge in [-0.3, -0.25) is 0 Å². The van der Waals surface area contributed by atoms with Crippen LogP contribution in [-0.2, 0) is 0 Å². The number of hydrogen-bond donors (Lipinski definition) is 2. The molecule has 0 unspecified atom stereocenters. The number of carboxylic acid groups (broad SMARTS) is 2. The van der Waals surface area contributed by atoms with Crippen LogP contribution in [0.15, 0.2) is 0 Å². The van der Waals surface area contributed by atoms with Crippen molar-refractivity contribution < 1.29 is 15.0 Å². The van der Waals surface area contributed by atoms with Crippen LogP contribution in [0.5, 0.6) is 0 Å². The van der Waals surface area contributed by atoms with E-state index in [-0.39, 0.29) is 453 Å². The second-order valence-corrected chi connectivity index (χ2v) is 0.283. The molecular weight excluding hydrogens is 541 g/mol. The Morgan fingerprint density at radius 3 is 0.438 bits per heavy atom. The summed E-state index contributed by atoms with van der Waals surface area (Å²) < 4.78 is 0. The van der Waals surface area contributed by atoms with Crippen molar-refractivity contribution in [3.05, 3.63) is 0 Å². The molecule has 0 spiro atoms. The quantitative estimate of drug-likeness (QED) is 0.287. The molecule has 0 heterocycles. The van der Waals surface area contributed by atoms with Gasteiger partial charge in [-0.15, -0.1) is 0 Å². The van der Waals surface area contributed by atoms with Crippen molar-refractivity contribution in [2.24, 2.45) is 0 Å². The zero-order chi connectivity index (χ0) is 3.58. The molecule has 0 bridgehead atoms. The van der Waals surface area contributed by atoms with Crippen molar-refractivity contribution in [3.8, 4) is 0 Å². The van der Waals surface area contributed by atoms with Gasteiger partial charge in [0.1, 0.15) is 0 Å². The topological polar surface area (TPSA) is 57.5 Å². The molecule has 0 saturated carbocycles. The van der Waals surface area contributed by atoms with Crippen LogP contribution in [0.1, 0.15) is 0 Å². The van der Waals surface area contributed by atoms with Crippen LogP contribution < -0.4 is 0 Å². The molecular formula is CH26Ca12O3. The molecule has 0 radical (unpaired) electrons. The van der Waals surface area contributed by atoms with E-state index in [9.17, 15) is 0 Å². The Labute approximate surface area is 456 Å². The van der Waals surface area contributed by atoms with E-state index in [1.165, 1.54) is 0 Å². The van der Waals surface area contributed by atoms with E-state index < -0.39 is 6.16 Å². The second kappa shape index (κ2) is 78.3. The molecule has 0 rings (SSSR count). The molecule has 0 amide bonds. The van der Waals surface area contributed by atoms with Crippen molar-refractivity contribution in [1.29, 1.82) is 0 Å². The Kier molecular flexibility index (Phi) is 425. The van der Waals surface area contributed by atoms with Crippen molar-refractivity contribution in [1.82, 2.24) is 0 Å². The fourth-order valence-electron chi connectivity index (χ4n) is 0. The molecule has 72 valence electrons. The minimum absolute atomic E-state index is 0. The zero-order valence-electron chi connectivity index (χ0n) is 1.80. The summed E-state index contributed by atoms with van der Waals surface area (Å²) in [6.07, 6.45) is -1.83. The molecule has 0 aromatic carbocycles. The summed E-state index contributed by atoms with van der Waals surface area (Å²) in [7, 11) is 0. The SMILES string of the molecule is O=C(O)O.[CaH2].[CaH2].[CaH2].[CaH2].[CaH2].[CaH2].[CaH2].[CaH2].[CaH2].[CaH2].[CaH2].[CaH2]. The predicted molar refractivity (Wildman–Crippen MR) is 113 cm³/mol. The van der Waals surface area contributed by atoms with Gasteiger partial charge in [-0.2, -0.15) is 0 Å². The molecule has 0 fully saturated rings. The summed E-state index contributed by atoms with van der Waals surface area (Å²) in [5, 5.41) is 13.9. The van der Waals surface area contributed by atoms with Crippen molar-refractivity contribution in [2.75, 3.05) is 0 Å². The van der Waals surface area contributed by atoms with Gasteiger partial charge in [0.05, 0.1) is 0 Å². The fourth-order valence-corrected chi connectivity index (χ4v) is 0. The van der Waals surface area contributed by atoms with Crippen molar-refractivity contribution in [3.63, 3.8) is 0 Å². The summed E-state index contributed by atoms with van der Waals surface area (Å²) in [6, 6.07) is 0. The summed E-state index contributed by atoms with van der Waals surface area (Å²) in [4.78, 5) is 8.56. The van der Waals surface area contributed by atoms with E-state index >= 15 is 0 Å². The van der Waals surface area contributed by atoms with E-state index in [1.807, 2.05) is 0 Å². The molecule has 3 nitrogen and oxygen atoms in total. The standard InChI is InChI=1S/CH2O3.12Ca.24H/c2-1(3)4;;;;;;;;;;;;;;;;;;;;;;;;;;;;;;;;;;;;/h(H2,2,3,4);;;;;;;;;;;;;;;;;;;;;;;;;;;;;;;;;;;;. The monoisotopic (exact) mass is 566 g/mol. The van der Waals surface area contributed by atoms with Gasteiger partial charge < -0.3 is 10.2 Å². The van der Waals surface area contributed by atoms with E-state index in [2.05, 4.69) is 0 Å². The molecule has 2 N–H and O–H groups in total. The van der Waals surface area contributed by atoms with Crippen LogP contribution >= 0.6 is 0 Å². The van der Waals surface area contributed by atoms with Gasteiger partial charge in [0.25, 0.3) is 0 Å². The van der Waals surface area contributed by atoms with Gasteiger partial charge in [0, 0.05) is 0 Å². The van der Waals surface area contributed by atoms with Gasteiger partial charge in [-0.25, -0.2) is 4.79 Å². The Morgan fingerprint density at radius 2 is 0.438 bits per heavy atom. The average Bonchev–Trinajstić information content (AvgIpc) is 0.811. The molecule has 0 aliphatic carbocycles. The van der Waals surface area contributed by atoms with Gasteiger partial charge in [-0.1, -0.05) is 0 Å². The molecule has 0 aromatic rings. The molecule has 0 atom stereocenters. The number of hydrogen-bond acceptors (Lipinski definition) is 1. The van der Waals surface area contributed by atoms with Crippen LogP contribution in [0.3, 0.4) is 0 Å². The molecule has 16 heavy (non-hydrogen) atoms. The molecule has 0 saturated heterocycles. The average molecular weight is 567 g/mol. The third-order valence-corrected chi connectivity index (χ3v) is 0. The molecule has 0 aliphatic heterocycles. The summed E-state index contributed by atoms with van der Waals surface area (Å²) >= 11 is 0. The number of rotatable bonds is 0. The van der Waals surface area contributed by atoms with E-state index in [1.54, 1.807) is 0 Å². The second-order valence-electron chi connectivity index (χ2n) is 0.283. The third kappa shape index (κ3) is 103. The number of carbonyl (C=O) groups is 1. The van der Waals surface area contributed by atoms with Gasteiger partial charge >= 0.3 is 459 Å². The molecule has 0 aliphatic rings. The van der Waals surface area contributed by atoms with Gasteiger partial charge in [0.2, 0.25) is 0 Å². The van der Waals surface area contributed by atoms with E-state index in [0.29, 0.717) is 0 Å². The van der Waals surface area contributed by atoms with Crippen LogP contribution in [-0.4, -0.2) is 469 Å². The Balaban J connectivity index is -0.000000000682. The van der Waals surface area contributed by atoms with Crippen LogP contribution in [0.4, 0.5) is 4.79 Å². The van der Waals surface area contributed by atoms with Gasteiger partial charge in [0.15, 0.2) is 0 Å². The first-order chi connectivity index (χ1) is 1.73. The summed E-state index contributed by atoms with van der Waals surface area (Å²) in [6.45, 7) is 0.